The summed E-state index contributed by atoms with van der Waals surface area (Å²) in [6.45, 7) is 3.98. The van der Waals surface area contributed by atoms with E-state index in [1.807, 2.05) is 24.5 Å². The summed E-state index contributed by atoms with van der Waals surface area (Å²) in [5, 5.41) is 8.37. The highest BCUT2D eigenvalue weighted by Crippen LogP contribution is 2.11. The van der Waals surface area contributed by atoms with Crippen LogP contribution in [0.5, 0.6) is 0 Å². The van der Waals surface area contributed by atoms with Crippen LogP contribution in [-0.2, 0) is 0 Å². The fraction of sp³-hybridized carbons (Fsp3) is 0.500. The van der Waals surface area contributed by atoms with E-state index < -0.39 is 0 Å². The maximum absolute atomic E-state index is 11.6. The summed E-state index contributed by atoms with van der Waals surface area (Å²) in [4.78, 5) is 15.5. The molecule has 0 aliphatic rings. The van der Waals surface area contributed by atoms with Gasteiger partial charge in [-0.25, -0.2) is 4.98 Å². The van der Waals surface area contributed by atoms with Gasteiger partial charge in [0.2, 0.25) is 0 Å². The van der Waals surface area contributed by atoms with Gasteiger partial charge >= 0.3 is 0 Å². The van der Waals surface area contributed by atoms with Crippen molar-refractivity contribution in [3.63, 3.8) is 0 Å². The first kappa shape index (κ1) is 10.5. The Labute approximate surface area is 83.2 Å². The van der Waals surface area contributed by atoms with Gasteiger partial charge in [-0.2, -0.15) is 5.26 Å². The molecule has 0 aliphatic heterocycles. The van der Waals surface area contributed by atoms with Gasteiger partial charge in [-0.05, 0) is 13.8 Å². The van der Waals surface area contributed by atoms with Crippen LogP contribution in [0.1, 0.15) is 43.2 Å². The summed E-state index contributed by atoms with van der Waals surface area (Å²) in [5.41, 5.74) is 0.593. The number of rotatable bonds is 4. The number of nitrogens with zero attached hydrogens (tertiary/aromatic N) is 3. The highest BCUT2D eigenvalue weighted by Gasteiger charge is 2.12. The van der Waals surface area contributed by atoms with Crippen LogP contribution in [0.25, 0.3) is 0 Å². The average molecular weight is 191 g/mol. The second-order valence-corrected chi connectivity index (χ2v) is 3.36. The van der Waals surface area contributed by atoms with Crippen molar-refractivity contribution in [2.45, 2.75) is 32.7 Å². The lowest BCUT2D eigenvalue weighted by molar-refractivity contribution is 0.0973. The molecule has 0 saturated carbocycles. The third-order valence-corrected chi connectivity index (χ3v) is 1.97. The van der Waals surface area contributed by atoms with E-state index in [1.54, 1.807) is 12.5 Å². The van der Waals surface area contributed by atoms with Crippen molar-refractivity contribution in [3.05, 3.63) is 18.2 Å². The molecule has 4 nitrogen and oxygen atoms in total. The first-order valence-corrected chi connectivity index (χ1v) is 4.58. The number of carbonyl (C=O) groups is 1. The Hall–Kier alpha value is -1.63. The lowest BCUT2D eigenvalue weighted by Gasteiger charge is -2.09. The molecule has 0 N–H and O–H groups in total. The SMILES string of the molecule is CC(C)n1cncc1C(=O)CCC#N. The Balaban J connectivity index is 2.80. The summed E-state index contributed by atoms with van der Waals surface area (Å²) in [6.07, 6.45) is 3.74. The van der Waals surface area contributed by atoms with Gasteiger partial charge in [0.05, 0.1) is 18.6 Å². The van der Waals surface area contributed by atoms with Gasteiger partial charge in [-0.15, -0.1) is 0 Å². The number of imidazole rings is 1. The molecule has 0 spiro atoms. The van der Waals surface area contributed by atoms with E-state index in [1.165, 1.54) is 0 Å². The number of ketones is 1. The van der Waals surface area contributed by atoms with Crippen molar-refractivity contribution in [2.24, 2.45) is 0 Å². The molecule has 0 fully saturated rings. The Kier molecular flexibility index (Phi) is 3.41. The lowest BCUT2D eigenvalue weighted by Crippen LogP contribution is -2.10. The first-order valence-electron chi connectivity index (χ1n) is 4.58. The molecule has 0 amide bonds. The molecule has 74 valence electrons. The Morgan fingerprint density at radius 1 is 1.71 bits per heavy atom. The standard InChI is InChI=1S/C10H13N3O/c1-8(2)13-7-12-6-9(13)10(14)4-3-5-11/h6-8H,3-4H2,1-2H3. The van der Waals surface area contributed by atoms with E-state index in [0.717, 1.165) is 0 Å². The van der Waals surface area contributed by atoms with Crippen molar-refractivity contribution in [2.75, 3.05) is 0 Å². The predicted octanol–water partition coefficient (Wildman–Crippen LogP) is 1.95. The summed E-state index contributed by atoms with van der Waals surface area (Å²) in [5.74, 6) is -0.0160. The molecule has 1 heterocycles. The largest absolute Gasteiger partial charge is 0.326 e. The molecule has 0 radical (unpaired) electrons. The molecule has 4 heteroatoms. The van der Waals surface area contributed by atoms with Crippen molar-refractivity contribution >= 4 is 5.78 Å². The van der Waals surface area contributed by atoms with Crippen molar-refractivity contribution in [1.29, 1.82) is 5.26 Å². The number of nitriles is 1. The summed E-state index contributed by atoms with van der Waals surface area (Å²) in [6, 6.07) is 2.18. The molecule has 0 saturated heterocycles. The zero-order valence-electron chi connectivity index (χ0n) is 8.40. The van der Waals surface area contributed by atoms with Crippen LogP contribution in [-0.4, -0.2) is 15.3 Å². The summed E-state index contributed by atoms with van der Waals surface area (Å²) >= 11 is 0. The second kappa shape index (κ2) is 4.56. The van der Waals surface area contributed by atoms with Gasteiger partial charge in [-0.1, -0.05) is 0 Å². The van der Waals surface area contributed by atoms with Crippen LogP contribution in [0, 0.1) is 11.3 Å². The minimum Gasteiger partial charge on any atom is -0.326 e. The third-order valence-electron chi connectivity index (χ3n) is 1.97. The van der Waals surface area contributed by atoms with Crippen LogP contribution in [0.4, 0.5) is 0 Å². The van der Waals surface area contributed by atoms with Gasteiger partial charge in [0, 0.05) is 18.9 Å². The van der Waals surface area contributed by atoms with Gasteiger partial charge in [0.25, 0.3) is 0 Å². The number of aromatic nitrogens is 2. The van der Waals surface area contributed by atoms with Crippen LogP contribution in [0.2, 0.25) is 0 Å². The molecule has 1 rings (SSSR count). The molecule has 14 heavy (non-hydrogen) atoms. The first-order chi connectivity index (χ1) is 6.66. The summed E-state index contributed by atoms with van der Waals surface area (Å²) in [7, 11) is 0. The monoisotopic (exact) mass is 191 g/mol. The summed E-state index contributed by atoms with van der Waals surface area (Å²) < 4.78 is 1.82. The van der Waals surface area contributed by atoms with Crippen LogP contribution < -0.4 is 0 Å². The van der Waals surface area contributed by atoms with Gasteiger partial charge in [0.1, 0.15) is 5.69 Å². The predicted molar refractivity (Wildman–Crippen MR) is 51.8 cm³/mol. The van der Waals surface area contributed by atoms with Crippen LogP contribution in [0.15, 0.2) is 12.5 Å². The van der Waals surface area contributed by atoms with Gasteiger partial charge < -0.3 is 4.57 Å². The Morgan fingerprint density at radius 2 is 2.43 bits per heavy atom. The van der Waals surface area contributed by atoms with Crippen molar-refractivity contribution in [1.82, 2.24) is 9.55 Å². The number of hydrogen-bond donors (Lipinski definition) is 0. The average Bonchev–Trinajstić information content (AvgIpc) is 2.62. The topological polar surface area (TPSA) is 58.7 Å². The molecule has 1 aromatic rings. The maximum atomic E-state index is 11.6. The van der Waals surface area contributed by atoms with E-state index in [-0.39, 0.29) is 24.7 Å². The molecular weight excluding hydrogens is 178 g/mol. The van der Waals surface area contributed by atoms with E-state index in [2.05, 4.69) is 4.98 Å². The number of Topliss-reactive ketones (excluding diaryl/α,β-unsaturated/α-hetero) is 1. The zero-order chi connectivity index (χ0) is 10.6. The number of carbonyl (C=O) groups excluding carboxylic acids is 1. The minimum atomic E-state index is -0.0160. The molecule has 1 aromatic heterocycles. The fourth-order valence-corrected chi connectivity index (χ4v) is 1.23. The van der Waals surface area contributed by atoms with E-state index >= 15 is 0 Å². The van der Waals surface area contributed by atoms with E-state index in [9.17, 15) is 4.79 Å². The normalized spacial score (nSPS) is 10.1. The second-order valence-electron chi connectivity index (χ2n) is 3.36. The maximum Gasteiger partial charge on any atom is 0.181 e. The molecule has 0 bridgehead atoms. The molecule has 0 aliphatic carbocycles. The smallest absolute Gasteiger partial charge is 0.181 e. The zero-order valence-corrected chi connectivity index (χ0v) is 8.40. The minimum absolute atomic E-state index is 0.0160. The highest BCUT2D eigenvalue weighted by atomic mass is 16.1. The Morgan fingerprint density at radius 3 is 3.00 bits per heavy atom. The molecule has 0 aromatic carbocycles. The van der Waals surface area contributed by atoms with Gasteiger partial charge in [-0.3, -0.25) is 4.79 Å². The third kappa shape index (κ3) is 2.19. The Bertz CT molecular complexity index is 360. The molecule has 0 atom stereocenters. The quantitative estimate of drug-likeness (QED) is 0.683. The van der Waals surface area contributed by atoms with E-state index in [4.69, 9.17) is 5.26 Å². The van der Waals surface area contributed by atoms with Gasteiger partial charge in [0.15, 0.2) is 5.78 Å². The van der Waals surface area contributed by atoms with Crippen LogP contribution in [0.3, 0.4) is 0 Å². The van der Waals surface area contributed by atoms with E-state index in [0.29, 0.717) is 5.69 Å². The van der Waals surface area contributed by atoms with Crippen molar-refractivity contribution in [3.8, 4) is 6.07 Å². The van der Waals surface area contributed by atoms with Crippen molar-refractivity contribution < 1.29 is 4.79 Å². The highest BCUT2D eigenvalue weighted by molar-refractivity contribution is 5.94. The molecular formula is C10H13N3O. The fourth-order valence-electron chi connectivity index (χ4n) is 1.23. The molecule has 0 unspecified atom stereocenters. The number of hydrogen-bond acceptors (Lipinski definition) is 3. The lowest BCUT2D eigenvalue weighted by atomic mass is 10.2. The van der Waals surface area contributed by atoms with Crippen LogP contribution >= 0.6 is 0 Å².